The molecule has 5 heteroatoms. The Morgan fingerprint density at radius 3 is 3.27 bits per heavy atom. The minimum absolute atomic E-state index is 0.419. The van der Waals surface area contributed by atoms with Crippen LogP contribution in [0.15, 0.2) is 18.3 Å². The number of thioether (sulfide) groups is 1. The molecular weight excluding hydrogens is 226 g/mol. The van der Waals surface area contributed by atoms with E-state index in [1.165, 1.54) is 10.8 Å². The number of hydrogen-bond donors (Lipinski definition) is 1. The van der Waals surface area contributed by atoms with E-state index in [0.717, 1.165) is 22.6 Å². The molecule has 0 spiro atoms. The highest BCUT2D eigenvalue weighted by molar-refractivity contribution is 7.99. The van der Waals surface area contributed by atoms with Crippen molar-refractivity contribution in [3.8, 4) is 0 Å². The standard InChI is InChI=1S/C10H11N3S2/c1-2-7-9(12-3-1)15-10(13-7)8-6-14-5-4-11-8/h1-3,8,11H,4-6H2. The van der Waals surface area contributed by atoms with Gasteiger partial charge in [0.15, 0.2) is 0 Å². The van der Waals surface area contributed by atoms with Crippen molar-refractivity contribution in [3.05, 3.63) is 23.3 Å². The van der Waals surface area contributed by atoms with E-state index < -0.39 is 0 Å². The number of fused-ring (bicyclic) bond motifs is 1. The predicted molar refractivity (Wildman–Crippen MR) is 65.5 cm³/mol. The highest BCUT2D eigenvalue weighted by atomic mass is 32.2. The van der Waals surface area contributed by atoms with Gasteiger partial charge in [0, 0.05) is 24.2 Å². The summed E-state index contributed by atoms with van der Waals surface area (Å²) in [4.78, 5) is 9.98. The van der Waals surface area contributed by atoms with Gasteiger partial charge in [-0.3, -0.25) is 0 Å². The quantitative estimate of drug-likeness (QED) is 0.824. The summed E-state index contributed by atoms with van der Waals surface area (Å²) in [7, 11) is 0. The average molecular weight is 237 g/mol. The van der Waals surface area contributed by atoms with Crippen molar-refractivity contribution in [3.63, 3.8) is 0 Å². The first kappa shape index (κ1) is 9.57. The zero-order valence-corrected chi connectivity index (χ0v) is 9.77. The SMILES string of the molecule is c1cnc2sc(C3CSCCN3)nc2c1. The molecule has 1 unspecified atom stereocenters. The first-order valence-electron chi connectivity index (χ1n) is 4.96. The van der Waals surface area contributed by atoms with Gasteiger partial charge in [0.25, 0.3) is 0 Å². The molecule has 1 atom stereocenters. The van der Waals surface area contributed by atoms with Crippen LogP contribution in [-0.4, -0.2) is 28.0 Å². The number of hydrogen-bond acceptors (Lipinski definition) is 5. The molecule has 1 saturated heterocycles. The summed E-state index contributed by atoms with van der Waals surface area (Å²) in [5, 5.41) is 4.67. The summed E-state index contributed by atoms with van der Waals surface area (Å²) >= 11 is 3.70. The minimum Gasteiger partial charge on any atom is -0.306 e. The monoisotopic (exact) mass is 237 g/mol. The Hall–Kier alpha value is -0.650. The van der Waals surface area contributed by atoms with Gasteiger partial charge in [-0.25, -0.2) is 9.97 Å². The second-order valence-electron chi connectivity index (χ2n) is 3.46. The van der Waals surface area contributed by atoms with Gasteiger partial charge in [-0.1, -0.05) is 11.3 Å². The zero-order chi connectivity index (χ0) is 10.1. The van der Waals surface area contributed by atoms with Gasteiger partial charge >= 0.3 is 0 Å². The molecule has 3 heterocycles. The molecule has 0 aliphatic carbocycles. The van der Waals surface area contributed by atoms with Crippen LogP contribution < -0.4 is 5.32 Å². The summed E-state index contributed by atoms with van der Waals surface area (Å²) in [6.45, 7) is 1.08. The van der Waals surface area contributed by atoms with E-state index in [9.17, 15) is 0 Å². The molecule has 1 aliphatic heterocycles. The van der Waals surface area contributed by atoms with Crippen LogP contribution in [-0.2, 0) is 0 Å². The molecule has 3 rings (SSSR count). The van der Waals surface area contributed by atoms with Crippen molar-refractivity contribution >= 4 is 33.4 Å². The molecule has 0 aromatic carbocycles. The first-order chi connectivity index (χ1) is 7.43. The normalized spacial score (nSPS) is 22.0. The number of nitrogens with one attached hydrogen (secondary N) is 1. The maximum absolute atomic E-state index is 4.62. The Labute approximate surface area is 96.3 Å². The number of aromatic nitrogens is 2. The largest absolute Gasteiger partial charge is 0.306 e. The van der Waals surface area contributed by atoms with Crippen molar-refractivity contribution in [1.82, 2.24) is 15.3 Å². The summed E-state index contributed by atoms with van der Waals surface area (Å²) in [6.07, 6.45) is 1.83. The Bertz CT molecular complexity index is 429. The van der Waals surface area contributed by atoms with Crippen molar-refractivity contribution in [2.75, 3.05) is 18.1 Å². The van der Waals surface area contributed by atoms with Crippen LogP contribution in [0.5, 0.6) is 0 Å². The number of rotatable bonds is 1. The summed E-state index contributed by atoms with van der Waals surface area (Å²) < 4.78 is 0. The van der Waals surface area contributed by atoms with Crippen LogP contribution in [0, 0.1) is 0 Å². The average Bonchev–Trinajstić information content (AvgIpc) is 2.74. The zero-order valence-electron chi connectivity index (χ0n) is 8.14. The lowest BCUT2D eigenvalue weighted by atomic mass is 10.3. The van der Waals surface area contributed by atoms with Gasteiger partial charge < -0.3 is 5.32 Å². The summed E-state index contributed by atoms with van der Waals surface area (Å²) in [6, 6.07) is 4.38. The van der Waals surface area contributed by atoms with Gasteiger partial charge in [0.1, 0.15) is 15.4 Å². The minimum atomic E-state index is 0.419. The van der Waals surface area contributed by atoms with Gasteiger partial charge in [0.2, 0.25) is 0 Å². The van der Waals surface area contributed by atoms with Gasteiger partial charge in [-0.15, -0.1) is 0 Å². The van der Waals surface area contributed by atoms with Crippen LogP contribution >= 0.6 is 23.1 Å². The number of pyridine rings is 1. The lowest BCUT2D eigenvalue weighted by Gasteiger charge is -2.20. The Balaban J connectivity index is 1.96. The molecule has 0 bridgehead atoms. The van der Waals surface area contributed by atoms with Crippen LogP contribution in [0.2, 0.25) is 0 Å². The molecule has 1 N–H and O–H groups in total. The second kappa shape index (κ2) is 4.08. The Morgan fingerprint density at radius 1 is 1.47 bits per heavy atom. The molecule has 15 heavy (non-hydrogen) atoms. The summed E-state index contributed by atoms with van der Waals surface area (Å²) in [5.74, 6) is 2.33. The smallest absolute Gasteiger partial charge is 0.143 e. The number of thiazole rings is 1. The third-order valence-corrected chi connectivity index (χ3v) is 4.56. The molecule has 0 radical (unpaired) electrons. The molecule has 1 aliphatic rings. The molecule has 2 aromatic heterocycles. The summed E-state index contributed by atoms with van der Waals surface area (Å²) in [5.41, 5.74) is 1.02. The Morgan fingerprint density at radius 2 is 2.47 bits per heavy atom. The van der Waals surface area contributed by atoms with Gasteiger partial charge in [-0.2, -0.15) is 11.8 Å². The van der Waals surface area contributed by atoms with Gasteiger partial charge in [0.05, 0.1) is 6.04 Å². The molecule has 2 aromatic rings. The fraction of sp³-hybridized carbons (Fsp3) is 0.400. The van der Waals surface area contributed by atoms with Crippen LogP contribution in [0.1, 0.15) is 11.0 Å². The van der Waals surface area contributed by atoms with E-state index in [-0.39, 0.29) is 0 Å². The highest BCUT2D eigenvalue weighted by Gasteiger charge is 2.18. The molecule has 1 fully saturated rings. The fourth-order valence-electron chi connectivity index (χ4n) is 1.66. The van der Waals surface area contributed by atoms with E-state index in [0.29, 0.717) is 6.04 Å². The molecular formula is C10H11N3S2. The number of nitrogens with zero attached hydrogens (tertiary/aromatic N) is 2. The highest BCUT2D eigenvalue weighted by Crippen LogP contribution is 2.28. The Kier molecular flexibility index (Phi) is 2.60. The van der Waals surface area contributed by atoms with Crippen LogP contribution in [0.4, 0.5) is 0 Å². The van der Waals surface area contributed by atoms with E-state index in [1.54, 1.807) is 11.3 Å². The van der Waals surface area contributed by atoms with E-state index in [1.807, 2.05) is 30.1 Å². The lowest BCUT2D eigenvalue weighted by Crippen LogP contribution is -2.30. The third kappa shape index (κ3) is 1.87. The van der Waals surface area contributed by atoms with E-state index in [4.69, 9.17) is 0 Å². The first-order valence-corrected chi connectivity index (χ1v) is 6.93. The third-order valence-electron chi connectivity index (χ3n) is 2.40. The molecule has 78 valence electrons. The topological polar surface area (TPSA) is 37.8 Å². The van der Waals surface area contributed by atoms with E-state index in [2.05, 4.69) is 15.3 Å². The van der Waals surface area contributed by atoms with Gasteiger partial charge in [-0.05, 0) is 12.1 Å². The molecule has 0 amide bonds. The van der Waals surface area contributed by atoms with E-state index >= 15 is 0 Å². The van der Waals surface area contributed by atoms with Crippen molar-refractivity contribution in [1.29, 1.82) is 0 Å². The maximum atomic E-state index is 4.62. The van der Waals surface area contributed by atoms with Crippen LogP contribution in [0.3, 0.4) is 0 Å². The van der Waals surface area contributed by atoms with Crippen molar-refractivity contribution in [2.45, 2.75) is 6.04 Å². The molecule has 0 saturated carbocycles. The van der Waals surface area contributed by atoms with Crippen molar-refractivity contribution in [2.24, 2.45) is 0 Å². The van der Waals surface area contributed by atoms with Crippen molar-refractivity contribution < 1.29 is 0 Å². The predicted octanol–water partition coefficient (Wildman–Crippen LogP) is 2.07. The lowest BCUT2D eigenvalue weighted by molar-refractivity contribution is 0.593. The maximum Gasteiger partial charge on any atom is 0.143 e. The van der Waals surface area contributed by atoms with Crippen LogP contribution in [0.25, 0.3) is 10.3 Å². The second-order valence-corrected chi connectivity index (χ2v) is 5.62. The molecule has 3 nitrogen and oxygen atoms in total. The fourth-order valence-corrected chi connectivity index (χ4v) is 3.69.